The van der Waals surface area contributed by atoms with Crippen LogP contribution in [0.25, 0.3) is 0 Å². The summed E-state index contributed by atoms with van der Waals surface area (Å²) in [5.74, 6) is 0.215. The first kappa shape index (κ1) is 14.8. The highest BCUT2D eigenvalue weighted by molar-refractivity contribution is 5.78. The van der Waals surface area contributed by atoms with E-state index in [9.17, 15) is 9.90 Å². The second-order valence-electron chi connectivity index (χ2n) is 6.24. The van der Waals surface area contributed by atoms with Gasteiger partial charge >= 0.3 is 0 Å². The molecular weight excluding hydrogens is 242 g/mol. The van der Waals surface area contributed by atoms with Gasteiger partial charge in [0.15, 0.2) is 0 Å². The summed E-state index contributed by atoms with van der Waals surface area (Å²) in [6.07, 6.45) is 7.33. The van der Waals surface area contributed by atoms with Crippen molar-refractivity contribution >= 4 is 5.91 Å². The number of rotatable bonds is 5. The molecule has 2 rings (SSSR count). The van der Waals surface area contributed by atoms with Gasteiger partial charge in [0.25, 0.3) is 0 Å². The fourth-order valence-corrected chi connectivity index (χ4v) is 3.37. The number of nitrogens with zero attached hydrogens (tertiary/aromatic N) is 1. The van der Waals surface area contributed by atoms with Crippen LogP contribution in [0.3, 0.4) is 0 Å². The van der Waals surface area contributed by atoms with Crippen LogP contribution in [0.4, 0.5) is 0 Å². The molecule has 2 aliphatic rings. The maximum Gasteiger partial charge on any atom is 0.225 e. The maximum absolute atomic E-state index is 12.5. The lowest BCUT2D eigenvalue weighted by molar-refractivity contribution is -0.148. The van der Waals surface area contributed by atoms with Gasteiger partial charge in [-0.05, 0) is 51.9 Å². The molecule has 0 aromatic carbocycles. The van der Waals surface area contributed by atoms with Crippen LogP contribution in [0.15, 0.2) is 0 Å². The Morgan fingerprint density at radius 2 is 2.16 bits per heavy atom. The molecule has 0 spiro atoms. The number of hydrogen-bond donors (Lipinski definition) is 1. The van der Waals surface area contributed by atoms with Gasteiger partial charge in [0.2, 0.25) is 5.91 Å². The molecule has 4 heteroatoms. The summed E-state index contributed by atoms with van der Waals surface area (Å²) < 4.78 is 5.55. The van der Waals surface area contributed by atoms with Gasteiger partial charge in [-0.3, -0.25) is 4.79 Å². The van der Waals surface area contributed by atoms with E-state index in [1.807, 2.05) is 4.90 Å². The minimum atomic E-state index is -0.335. The van der Waals surface area contributed by atoms with Gasteiger partial charge in [0.05, 0.1) is 18.1 Å². The van der Waals surface area contributed by atoms with E-state index in [0.717, 1.165) is 45.1 Å². The van der Waals surface area contributed by atoms with Gasteiger partial charge in [0.1, 0.15) is 0 Å². The lowest BCUT2D eigenvalue weighted by Crippen LogP contribution is -2.50. The molecule has 110 valence electrons. The predicted octanol–water partition coefficient (Wildman–Crippen LogP) is 2.10. The number of carbonyl (C=O) groups is 1. The summed E-state index contributed by atoms with van der Waals surface area (Å²) in [6, 6.07) is 0.218. The smallest absolute Gasteiger partial charge is 0.225 e. The number of likely N-dealkylation sites (tertiary alicyclic amines) is 1. The van der Waals surface area contributed by atoms with Crippen molar-refractivity contribution in [3.8, 4) is 0 Å². The highest BCUT2D eigenvalue weighted by Gasteiger charge is 2.41. The molecule has 19 heavy (non-hydrogen) atoms. The molecule has 0 bridgehead atoms. The summed E-state index contributed by atoms with van der Waals surface area (Å²) in [4.78, 5) is 14.5. The van der Waals surface area contributed by atoms with Crippen molar-refractivity contribution < 1.29 is 14.6 Å². The summed E-state index contributed by atoms with van der Waals surface area (Å²) in [5, 5.41) is 9.58. The van der Waals surface area contributed by atoms with E-state index in [1.165, 1.54) is 0 Å². The van der Waals surface area contributed by atoms with Crippen molar-refractivity contribution in [2.75, 3.05) is 13.7 Å². The Morgan fingerprint density at radius 3 is 2.68 bits per heavy atom. The third-order valence-electron chi connectivity index (χ3n) is 4.73. The molecule has 0 radical (unpaired) electrons. The Balaban J connectivity index is 1.95. The van der Waals surface area contributed by atoms with Gasteiger partial charge in [0, 0.05) is 19.7 Å². The van der Waals surface area contributed by atoms with E-state index in [0.29, 0.717) is 12.8 Å². The zero-order valence-electron chi connectivity index (χ0n) is 12.2. The summed E-state index contributed by atoms with van der Waals surface area (Å²) >= 11 is 0. The normalized spacial score (nSPS) is 27.7. The zero-order valence-corrected chi connectivity index (χ0v) is 12.2. The zero-order chi connectivity index (χ0) is 13.9. The highest BCUT2D eigenvalue weighted by atomic mass is 16.5. The third-order valence-corrected chi connectivity index (χ3v) is 4.73. The van der Waals surface area contributed by atoms with E-state index >= 15 is 0 Å². The number of aliphatic hydroxyl groups is 1. The van der Waals surface area contributed by atoms with Crippen molar-refractivity contribution in [1.29, 1.82) is 0 Å². The SMILES string of the molecule is COC1(CC(=O)N2CCCCC2CC(C)O)CCC1. The van der Waals surface area contributed by atoms with Crippen molar-refractivity contribution in [1.82, 2.24) is 4.90 Å². The van der Waals surface area contributed by atoms with Crippen molar-refractivity contribution in [3.05, 3.63) is 0 Å². The van der Waals surface area contributed by atoms with Crippen LogP contribution in [-0.2, 0) is 9.53 Å². The van der Waals surface area contributed by atoms with Crippen LogP contribution >= 0.6 is 0 Å². The van der Waals surface area contributed by atoms with E-state index in [2.05, 4.69) is 0 Å². The third kappa shape index (κ3) is 3.48. The lowest BCUT2D eigenvalue weighted by Gasteiger charge is -2.43. The summed E-state index contributed by atoms with van der Waals surface area (Å²) in [5.41, 5.74) is -0.191. The molecule has 2 atom stereocenters. The largest absolute Gasteiger partial charge is 0.393 e. The fraction of sp³-hybridized carbons (Fsp3) is 0.933. The van der Waals surface area contributed by atoms with E-state index in [4.69, 9.17) is 4.74 Å². The monoisotopic (exact) mass is 269 g/mol. The molecule has 1 aliphatic heterocycles. The topological polar surface area (TPSA) is 49.8 Å². The first-order valence-corrected chi connectivity index (χ1v) is 7.59. The van der Waals surface area contributed by atoms with E-state index in [1.54, 1.807) is 14.0 Å². The summed E-state index contributed by atoms with van der Waals surface area (Å²) in [6.45, 7) is 2.65. The number of piperidine rings is 1. The minimum Gasteiger partial charge on any atom is -0.393 e. The second kappa shape index (κ2) is 6.23. The Morgan fingerprint density at radius 1 is 1.42 bits per heavy atom. The van der Waals surface area contributed by atoms with Crippen LogP contribution in [0, 0.1) is 0 Å². The van der Waals surface area contributed by atoms with Gasteiger partial charge in [-0.15, -0.1) is 0 Å². The second-order valence-corrected chi connectivity index (χ2v) is 6.24. The molecular formula is C15H27NO3. The molecule has 0 aromatic heterocycles. The number of aliphatic hydroxyl groups excluding tert-OH is 1. The molecule has 0 aromatic rings. The van der Waals surface area contributed by atoms with Gasteiger partial charge < -0.3 is 14.7 Å². The average molecular weight is 269 g/mol. The highest BCUT2D eigenvalue weighted by Crippen LogP contribution is 2.39. The first-order valence-electron chi connectivity index (χ1n) is 7.59. The molecule has 4 nitrogen and oxygen atoms in total. The maximum atomic E-state index is 12.5. The number of methoxy groups -OCH3 is 1. The van der Waals surface area contributed by atoms with Crippen LogP contribution in [0.1, 0.15) is 58.3 Å². The van der Waals surface area contributed by atoms with Crippen molar-refractivity contribution in [2.45, 2.75) is 76.0 Å². The molecule has 2 unspecified atom stereocenters. The van der Waals surface area contributed by atoms with E-state index in [-0.39, 0.29) is 23.7 Å². The fourth-order valence-electron chi connectivity index (χ4n) is 3.37. The molecule has 1 heterocycles. The number of hydrogen-bond acceptors (Lipinski definition) is 3. The van der Waals surface area contributed by atoms with Gasteiger partial charge in [-0.2, -0.15) is 0 Å². The molecule has 1 saturated carbocycles. The van der Waals surface area contributed by atoms with Crippen LogP contribution in [-0.4, -0.2) is 47.3 Å². The lowest BCUT2D eigenvalue weighted by atomic mass is 9.77. The standard InChI is InChI=1S/C15H27NO3/c1-12(17)10-13-6-3-4-9-16(13)14(18)11-15(19-2)7-5-8-15/h12-13,17H,3-11H2,1-2H3. The van der Waals surface area contributed by atoms with Gasteiger partial charge in [-0.1, -0.05) is 0 Å². The average Bonchev–Trinajstić information content (AvgIpc) is 2.33. The quantitative estimate of drug-likeness (QED) is 0.831. The van der Waals surface area contributed by atoms with Crippen molar-refractivity contribution in [3.63, 3.8) is 0 Å². The first-order chi connectivity index (χ1) is 9.06. The Labute approximate surface area is 116 Å². The molecule has 1 amide bonds. The Kier molecular flexibility index (Phi) is 4.85. The number of carbonyl (C=O) groups excluding carboxylic acids is 1. The predicted molar refractivity (Wildman–Crippen MR) is 73.9 cm³/mol. The summed E-state index contributed by atoms with van der Waals surface area (Å²) in [7, 11) is 1.72. The molecule has 1 N–H and O–H groups in total. The van der Waals surface area contributed by atoms with Crippen LogP contribution in [0.2, 0.25) is 0 Å². The molecule has 1 saturated heterocycles. The van der Waals surface area contributed by atoms with Crippen LogP contribution in [0.5, 0.6) is 0 Å². The Hall–Kier alpha value is -0.610. The number of amides is 1. The van der Waals surface area contributed by atoms with Crippen LogP contribution < -0.4 is 0 Å². The molecule has 1 aliphatic carbocycles. The molecule has 2 fully saturated rings. The Bertz CT molecular complexity index is 307. The minimum absolute atomic E-state index is 0.191. The van der Waals surface area contributed by atoms with Gasteiger partial charge in [-0.25, -0.2) is 0 Å². The van der Waals surface area contributed by atoms with E-state index < -0.39 is 0 Å². The number of ether oxygens (including phenoxy) is 1. The van der Waals surface area contributed by atoms with Crippen molar-refractivity contribution in [2.24, 2.45) is 0 Å².